The van der Waals surface area contributed by atoms with Gasteiger partial charge in [0.2, 0.25) is 0 Å². The Morgan fingerprint density at radius 3 is 2.05 bits per heavy atom. The molecule has 0 fully saturated rings. The average molecular weight is 288 g/mol. The van der Waals surface area contributed by atoms with Crippen LogP contribution in [0.15, 0.2) is 0 Å². The molecule has 20 heavy (non-hydrogen) atoms. The zero-order valence-electron chi connectivity index (χ0n) is 14.2. The minimum atomic E-state index is -0.169. The molecule has 0 aromatic carbocycles. The summed E-state index contributed by atoms with van der Waals surface area (Å²) in [4.78, 5) is 0. The lowest BCUT2D eigenvalue weighted by atomic mass is 9.86. The van der Waals surface area contributed by atoms with Crippen molar-refractivity contribution in [1.29, 1.82) is 0 Å². The Hall–Kier alpha value is -0.120. The molecule has 0 spiro atoms. The van der Waals surface area contributed by atoms with Gasteiger partial charge in [-0.3, -0.25) is 0 Å². The molecule has 3 heteroatoms. The van der Waals surface area contributed by atoms with Crippen LogP contribution >= 0.6 is 0 Å². The molecule has 4 unspecified atom stereocenters. The first-order valence-electron chi connectivity index (χ1n) is 8.29. The van der Waals surface area contributed by atoms with Gasteiger partial charge in [0.15, 0.2) is 0 Å². The van der Waals surface area contributed by atoms with Crippen LogP contribution in [0, 0.1) is 17.8 Å². The maximum Gasteiger partial charge on any atom is 0.146 e. The third kappa shape index (κ3) is 12.9. The maximum absolute atomic E-state index is 9.40. The van der Waals surface area contributed by atoms with Crippen LogP contribution in [-0.4, -0.2) is 31.2 Å². The fraction of sp³-hybridized carbons (Fsp3) is 1.00. The number of ether oxygens (including phenoxy) is 2. The number of aliphatic hydroxyl groups excluding tert-OH is 1. The van der Waals surface area contributed by atoms with Gasteiger partial charge in [0, 0.05) is 13.2 Å². The summed E-state index contributed by atoms with van der Waals surface area (Å²) in [5.74, 6) is 2.11. The predicted octanol–water partition coefficient (Wildman–Crippen LogP) is 4.24. The van der Waals surface area contributed by atoms with Crippen LogP contribution in [0.1, 0.15) is 66.7 Å². The summed E-state index contributed by atoms with van der Waals surface area (Å²) in [5.41, 5.74) is 0. The van der Waals surface area contributed by atoms with E-state index in [9.17, 15) is 5.11 Å². The first-order chi connectivity index (χ1) is 9.45. The quantitative estimate of drug-likeness (QED) is 0.407. The molecule has 3 nitrogen and oxygen atoms in total. The maximum atomic E-state index is 9.40. The Kier molecular flexibility index (Phi) is 12.5. The second kappa shape index (κ2) is 12.6. The van der Waals surface area contributed by atoms with Crippen LogP contribution in [0.4, 0.5) is 0 Å². The van der Waals surface area contributed by atoms with Crippen LogP contribution in [0.5, 0.6) is 0 Å². The monoisotopic (exact) mass is 288 g/mol. The highest BCUT2D eigenvalue weighted by Gasteiger charge is 2.13. The van der Waals surface area contributed by atoms with E-state index in [0.29, 0.717) is 12.7 Å². The van der Waals surface area contributed by atoms with Gasteiger partial charge in [-0.25, -0.2) is 0 Å². The molecule has 0 amide bonds. The number of aliphatic hydroxyl groups is 1. The molecule has 0 bridgehead atoms. The van der Waals surface area contributed by atoms with Gasteiger partial charge >= 0.3 is 0 Å². The van der Waals surface area contributed by atoms with Gasteiger partial charge in [0.1, 0.15) is 6.79 Å². The molecule has 0 aliphatic carbocycles. The van der Waals surface area contributed by atoms with Crippen molar-refractivity contribution in [2.45, 2.75) is 72.8 Å². The second-order valence-corrected chi connectivity index (χ2v) is 6.53. The lowest BCUT2D eigenvalue weighted by molar-refractivity contribution is -0.0508. The summed E-state index contributed by atoms with van der Waals surface area (Å²) in [6, 6.07) is 0. The molecule has 0 heterocycles. The summed E-state index contributed by atoms with van der Waals surface area (Å²) >= 11 is 0. The van der Waals surface area contributed by atoms with Crippen molar-refractivity contribution < 1.29 is 14.6 Å². The van der Waals surface area contributed by atoms with Gasteiger partial charge < -0.3 is 14.6 Å². The molecule has 122 valence electrons. The van der Waals surface area contributed by atoms with Crippen LogP contribution < -0.4 is 0 Å². The average Bonchev–Trinajstić information content (AvgIpc) is 2.32. The van der Waals surface area contributed by atoms with E-state index in [0.717, 1.165) is 37.9 Å². The van der Waals surface area contributed by atoms with Crippen molar-refractivity contribution in [3.05, 3.63) is 0 Å². The Balaban J connectivity index is 3.56. The molecular weight excluding hydrogens is 252 g/mol. The molecule has 0 aromatic heterocycles. The van der Waals surface area contributed by atoms with Crippen molar-refractivity contribution in [3.8, 4) is 0 Å². The van der Waals surface area contributed by atoms with Crippen LogP contribution in [-0.2, 0) is 9.47 Å². The van der Waals surface area contributed by atoms with Gasteiger partial charge in [0.25, 0.3) is 0 Å². The number of rotatable bonds is 13. The van der Waals surface area contributed by atoms with E-state index in [4.69, 9.17) is 9.47 Å². The minimum absolute atomic E-state index is 0.169. The summed E-state index contributed by atoms with van der Waals surface area (Å²) in [6.07, 6.45) is 5.58. The van der Waals surface area contributed by atoms with Crippen molar-refractivity contribution in [2.24, 2.45) is 17.8 Å². The van der Waals surface area contributed by atoms with Gasteiger partial charge in [-0.2, -0.15) is 0 Å². The van der Waals surface area contributed by atoms with E-state index < -0.39 is 0 Å². The van der Waals surface area contributed by atoms with Crippen molar-refractivity contribution in [1.82, 2.24) is 0 Å². The Morgan fingerprint density at radius 2 is 1.45 bits per heavy atom. The zero-order chi connectivity index (χ0) is 15.4. The van der Waals surface area contributed by atoms with Gasteiger partial charge in [-0.05, 0) is 63.7 Å². The number of hydrogen-bond donors (Lipinski definition) is 1. The Bertz CT molecular complexity index is 206. The normalized spacial score (nSPS) is 17.7. The van der Waals surface area contributed by atoms with Crippen LogP contribution in [0.25, 0.3) is 0 Å². The molecule has 0 aromatic rings. The molecule has 0 aliphatic heterocycles. The van der Waals surface area contributed by atoms with Crippen LogP contribution in [0.2, 0.25) is 0 Å². The van der Waals surface area contributed by atoms with E-state index in [1.54, 1.807) is 0 Å². The summed E-state index contributed by atoms with van der Waals surface area (Å²) in [6.45, 7) is 12.7. The second-order valence-electron chi connectivity index (χ2n) is 6.53. The highest BCUT2D eigenvalue weighted by molar-refractivity contribution is 4.65. The predicted molar refractivity (Wildman–Crippen MR) is 84.7 cm³/mol. The minimum Gasteiger partial charge on any atom is -0.393 e. The van der Waals surface area contributed by atoms with E-state index in [-0.39, 0.29) is 6.10 Å². The Labute approximate surface area is 126 Å². The highest BCUT2D eigenvalue weighted by atomic mass is 16.7. The van der Waals surface area contributed by atoms with E-state index >= 15 is 0 Å². The summed E-state index contributed by atoms with van der Waals surface area (Å²) < 4.78 is 10.5. The standard InChI is InChI=1S/C17H36O3/c1-6-19-13-20-9-7-8-14(2)10-15(3)11-16(4)12-17(5)18/h14-18H,6-13H2,1-5H3. The molecule has 0 aliphatic rings. The fourth-order valence-electron chi connectivity index (χ4n) is 3.00. The van der Waals surface area contributed by atoms with E-state index in [1.165, 1.54) is 19.3 Å². The van der Waals surface area contributed by atoms with Gasteiger partial charge in [-0.15, -0.1) is 0 Å². The zero-order valence-corrected chi connectivity index (χ0v) is 14.2. The third-order valence-corrected chi connectivity index (χ3v) is 3.71. The summed E-state index contributed by atoms with van der Waals surface area (Å²) in [7, 11) is 0. The first kappa shape index (κ1) is 19.9. The van der Waals surface area contributed by atoms with Crippen molar-refractivity contribution in [3.63, 3.8) is 0 Å². The molecule has 4 atom stereocenters. The van der Waals surface area contributed by atoms with E-state index in [2.05, 4.69) is 20.8 Å². The van der Waals surface area contributed by atoms with Gasteiger partial charge in [0.05, 0.1) is 6.10 Å². The van der Waals surface area contributed by atoms with Crippen molar-refractivity contribution >= 4 is 0 Å². The highest BCUT2D eigenvalue weighted by Crippen LogP contribution is 2.24. The topological polar surface area (TPSA) is 38.7 Å². The smallest absolute Gasteiger partial charge is 0.146 e. The molecule has 0 saturated carbocycles. The summed E-state index contributed by atoms with van der Waals surface area (Å²) in [5, 5.41) is 9.40. The first-order valence-corrected chi connectivity index (χ1v) is 8.29. The molecule has 0 radical (unpaired) electrons. The van der Waals surface area contributed by atoms with E-state index in [1.807, 2.05) is 13.8 Å². The Morgan fingerprint density at radius 1 is 0.850 bits per heavy atom. The molecule has 0 saturated heterocycles. The largest absolute Gasteiger partial charge is 0.393 e. The third-order valence-electron chi connectivity index (χ3n) is 3.71. The number of hydrogen-bond acceptors (Lipinski definition) is 3. The van der Waals surface area contributed by atoms with Crippen molar-refractivity contribution in [2.75, 3.05) is 20.0 Å². The van der Waals surface area contributed by atoms with Gasteiger partial charge in [-0.1, -0.05) is 20.8 Å². The lowest BCUT2D eigenvalue weighted by Gasteiger charge is -2.21. The van der Waals surface area contributed by atoms with Crippen LogP contribution in [0.3, 0.4) is 0 Å². The lowest BCUT2D eigenvalue weighted by Crippen LogP contribution is -2.12. The molecule has 1 N–H and O–H groups in total. The fourth-order valence-corrected chi connectivity index (χ4v) is 3.00. The molecular formula is C17H36O3. The SMILES string of the molecule is CCOCOCCCC(C)CC(C)CC(C)CC(C)O. The molecule has 0 rings (SSSR count).